The minimum absolute atomic E-state index is 0.0222. The zero-order valence-corrected chi connectivity index (χ0v) is 11.8. The van der Waals surface area contributed by atoms with Crippen LogP contribution in [0.3, 0.4) is 0 Å². The number of hydrogen-bond acceptors (Lipinski definition) is 3. The molecule has 0 bridgehead atoms. The fourth-order valence-corrected chi connectivity index (χ4v) is 1.74. The summed E-state index contributed by atoms with van der Waals surface area (Å²) >= 11 is 0. The van der Waals surface area contributed by atoms with Crippen molar-refractivity contribution >= 4 is 17.8 Å². The molecule has 0 atom stereocenters. The fourth-order valence-electron chi connectivity index (χ4n) is 1.74. The van der Waals surface area contributed by atoms with Gasteiger partial charge in [-0.25, -0.2) is 8.78 Å². The second kappa shape index (κ2) is 7.31. The summed E-state index contributed by atoms with van der Waals surface area (Å²) in [5.41, 5.74) is 1.92. The van der Waals surface area contributed by atoms with E-state index in [1.165, 1.54) is 6.21 Å². The molecule has 114 valence electrons. The molecule has 22 heavy (non-hydrogen) atoms. The van der Waals surface area contributed by atoms with Crippen molar-refractivity contribution in [2.24, 2.45) is 5.16 Å². The van der Waals surface area contributed by atoms with Gasteiger partial charge in [0.1, 0.15) is 11.6 Å². The molecule has 0 aromatic heterocycles. The molecule has 2 aromatic carbocycles. The lowest BCUT2D eigenvalue weighted by atomic mass is 10.1. The summed E-state index contributed by atoms with van der Waals surface area (Å²) in [6, 6.07) is 10.3. The van der Waals surface area contributed by atoms with Crippen LogP contribution in [0.1, 0.15) is 11.1 Å². The third kappa shape index (κ3) is 4.66. The van der Waals surface area contributed by atoms with Crippen LogP contribution in [0.15, 0.2) is 47.6 Å². The van der Waals surface area contributed by atoms with Crippen molar-refractivity contribution in [1.29, 1.82) is 0 Å². The minimum atomic E-state index is -0.770. The van der Waals surface area contributed by atoms with E-state index < -0.39 is 17.5 Å². The number of oxime groups is 1. The van der Waals surface area contributed by atoms with E-state index in [1.54, 1.807) is 0 Å². The van der Waals surface area contributed by atoms with Gasteiger partial charge in [0.15, 0.2) is 6.61 Å². The molecular weight excluding hydrogens is 290 g/mol. The molecule has 0 saturated heterocycles. The van der Waals surface area contributed by atoms with Crippen LogP contribution in [-0.4, -0.2) is 18.7 Å². The number of nitrogens with zero attached hydrogens (tertiary/aromatic N) is 1. The molecule has 1 N–H and O–H groups in total. The zero-order chi connectivity index (χ0) is 15.9. The zero-order valence-electron chi connectivity index (χ0n) is 11.8. The third-order valence-electron chi connectivity index (χ3n) is 2.80. The number of anilines is 1. The summed E-state index contributed by atoms with van der Waals surface area (Å²) < 4.78 is 25.9. The Morgan fingerprint density at radius 2 is 1.91 bits per heavy atom. The predicted molar refractivity (Wildman–Crippen MR) is 79.7 cm³/mol. The third-order valence-corrected chi connectivity index (χ3v) is 2.80. The smallest absolute Gasteiger partial charge is 0.265 e. The van der Waals surface area contributed by atoms with Crippen molar-refractivity contribution in [3.63, 3.8) is 0 Å². The maximum absolute atomic E-state index is 13.0. The quantitative estimate of drug-likeness (QED) is 0.681. The van der Waals surface area contributed by atoms with Gasteiger partial charge in [0.25, 0.3) is 5.91 Å². The Bertz CT molecular complexity index is 682. The summed E-state index contributed by atoms with van der Waals surface area (Å²) in [6.45, 7) is 1.56. The molecule has 1 amide bonds. The molecule has 0 unspecified atom stereocenters. The average Bonchev–Trinajstić information content (AvgIpc) is 2.44. The molecule has 0 saturated carbocycles. The van der Waals surface area contributed by atoms with Crippen LogP contribution in [0.25, 0.3) is 0 Å². The van der Waals surface area contributed by atoms with Crippen LogP contribution in [0.5, 0.6) is 0 Å². The Balaban J connectivity index is 1.84. The second-order valence-corrected chi connectivity index (χ2v) is 4.57. The van der Waals surface area contributed by atoms with Gasteiger partial charge in [-0.15, -0.1) is 0 Å². The predicted octanol–water partition coefficient (Wildman–Crippen LogP) is 3.26. The summed E-state index contributed by atoms with van der Waals surface area (Å²) in [6.07, 6.45) is 1.49. The van der Waals surface area contributed by atoms with Gasteiger partial charge in [0.2, 0.25) is 0 Å². The van der Waals surface area contributed by atoms with Crippen molar-refractivity contribution < 1.29 is 18.4 Å². The van der Waals surface area contributed by atoms with Crippen LogP contribution in [-0.2, 0) is 9.63 Å². The maximum Gasteiger partial charge on any atom is 0.265 e. The number of hydrogen-bond donors (Lipinski definition) is 1. The van der Waals surface area contributed by atoms with Gasteiger partial charge in [0, 0.05) is 11.8 Å². The van der Waals surface area contributed by atoms with Crippen LogP contribution >= 0.6 is 0 Å². The first-order chi connectivity index (χ1) is 10.5. The molecule has 0 radical (unpaired) electrons. The molecule has 0 aliphatic heterocycles. The number of carbonyl (C=O) groups excluding carboxylic acids is 1. The Kier molecular flexibility index (Phi) is 5.19. The number of carbonyl (C=O) groups is 1. The van der Waals surface area contributed by atoms with E-state index in [0.29, 0.717) is 0 Å². The van der Waals surface area contributed by atoms with Crippen LogP contribution in [0.4, 0.5) is 14.5 Å². The first-order valence-electron chi connectivity index (χ1n) is 6.51. The van der Waals surface area contributed by atoms with Crippen molar-refractivity contribution in [2.75, 3.05) is 11.9 Å². The minimum Gasteiger partial charge on any atom is -0.386 e. The number of halogens is 2. The lowest BCUT2D eigenvalue weighted by Gasteiger charge is -2.04. The van der Waals surface area contributed by atoms with Crippen molar-refractivity contribution in [2.45, 2.75) is 6.92 Å². The molecule has 0 heterocycles. The number of rotatable bonds is 5. The fraction of sp³-hybridized carbons (Fsp3) is 0.125. The van der Waals surface area contributed by atoms with Gasteiger partial charge in [-0.3, -0.25) is 4.79 Å². The van der Waals surface area contributed by atoms with Gasteiger partial charge in [-0.1, -0.05) is 29.4 Å². The van der Waals surface area contributed by atoms with E-state index in [2.05, 4.69) is 10.5 Å². The summed E-state index contributed by atoms with van der Waals surface area (Å²) in [4.78, 5) is 16.4. The standard InChI is InChI=1S/C16H14F2N2O2/c1-11-4-2-3-5-12(11)9-19-22-10-16(21)20-15-7-13(17)6-14(18)8-15/h2-9H,10H2,1H3,(H,20,21)/b19-9+. The normalized spacial score (nSPS) is 10.7. The molecule has 0 aliphatic rings. The van der Waals surface area contributed by atoms with Gasteiger partial charge >= 0.3 is 0 Å². The SMILES string of the molecule is Cc1ccccc1/C=N/OCC(=O)Nc1cc(F)cc(F)c1. The topological polar surface area (TPSA) is 50.7 Å². The molecular formula is C16H14F2N2O2. The number of nitrogens with one attached hydrogen (secondary N) is 1. The Labute approximate surface area is 126 Å². The van der Waals surface area contributed by atoms with E-state index >= 15 is 0 Å². The second-order valence-electron chi connectivity index (χ2n) is 4.57. The number of benzene rings is 2. The molecule has 0 aliphatic carbocycles. The lowest BCUT2D eigenvalue weighted by Crippen LogP contribution is -2.17. The number of amides is 1. The van der Waals surface area contributed by atoms with Crippen molar-refractivity contribution in [3.05, 3.63) is 65.2 Å². The molecule has 0 fully saturated rings. The van der Waals surface area contributed by atoms with Crippen LogP contribution in [0, 0.1) is 18.6 Å². The summed E-state index contributed by atoms with van der Waals surface area (Å²) in [5.74, 6) is -2.10. The highest BCUT2D eigenvalue weighted by Crippen LogP contribution is 2.12. The van der Waals surface area contributed by atoms with E-state index in [4.69, 9.17) is 4.84 Å². The monoisotopic (exact) mass is 304 g/mol. The van der Waals surface area contributed by atoms with Gasteiger partial charge in [0.05, 0.1) is 6.21 Å². The molecule has 2 aromatic rings. The Morgan fingerprint density at radius 3 is 2.59 bits per heavy atom. The van der Waals surface area contributed by atoms with E-state index in [-0.39, 0.29) is 12.3 Å². The van der Waals surface area contributed by atoms with E-state index in [0.717, 1.165) is 29.3 Å². The lowest BCUT2D eigenvalue weighted by molar-refractivity contribution is -0.120. The maximum atomic E-state index is 13.0. The first-order valence-corrected chi connectivity index (χ1v) is 6.51. The van der Waals surface area contributed by atoms with Crippen LogP contribution < -0.4 is 5.32 Å². The Morgan fingerprint density at radius 1 is 1.23 bits per heavy atom. The summed E-state index contributed by atoms with van der Waals surface area (Å²) in [5, 5.41) is 6.00. The average molecular weight is 304 g/mol. The van der Waals surface area contributed by atoms with Crippen molar-refractivity contribution in [1.82, 2.24) is 0 Å². The molecule has 4 nitrogen and oxygen atoms in total. The molecule has 2 rings (SSSR count). The largest absolute Gasteiger partial charge is 0.386 e. The van der Waals surface area contributed by atoms with E-state index in [1.807, 2.05) is 31.2 Å². The molecule has 6 heteroatoms. The van der Waals surface area contributed by atoms with Gasteiger partial charge in [-0.05, 0) is 30.2 Å². The summed E-state index contributed by atoms with van der Waals surface area (Å²) in [7, 11) is 0. The van der Waals surface area contributed by atoms with E-state index in [9.17, 15) is 13.6 Å². The Hall–Kier alpha value is -2.76. The van der Waals surface area contributed by atoms with Gasteiger partial charge in [-0.2, -0.15) is 0 Å². The number of aryl methyl sites for hydroxylation is 1. The molecule has 0 spiro atoms. The highest BCUT2D eigenvalue weighted by molar-refractivity contribution is 5.91. The highest BCUT2D eigenvalue weighted by Gasteiger charge is 2.05. The van der Waals surface area contributed by atoms with Gasteiger partial charge < -0.3 is 10.2 Å². The highest BCUT2D eigenvalue weighted by atomic mass is 19.1. The van der Waals surface area contributed by atoms with Crippen molar-refractivity contribution in [3.8, 4) is 0 Å². The van der Waals surface area contributed by atoms with Crippen LogP contribution in [0.2, 0.25) is 0 Å². The first kappa shape index (κ1) is 15.6.